The molecule has 10 rings (SSSR count). The third-order valence-electron chi connectivity index (χ3n) is 13.8. The molecule has 0 aromatic carbocycles. The molecule has 15 heteroatoms. The van der Waals surface area contributed by atoms with E-state index < -0.39 is 0 Å². The third kappa shape index (κ3) is 37.3. The summed E-state index contributed by atoms with van der Waals surface area (Å²) in [7, 11) is 0. The summed E-state index contributed by atoms with van der Waals surface area (Å²) in [5, 5.41) is 17.2. The number of furan rings is 4. The molecule has 0 fully saturated rings. The quantitative estimate of drug-likeness (QED) is 0.115. The van der Waals surface area contributed by atoms with Crippen molar-refractivity contribution in [3.63, 3.8) is 0 Å². The van der Waals surface area contributed by atoms with E-state index in [0.717, 1.165) is 33.1 Å². The Morgan fingerprint density at radius 3 is 1.26 bits per heavy atom. The molecule has 0 radical (unpaired) electrons. The minimum absolute atomic E-state index is 0.00722. The van der Waals surface area contributed by atoms with Crippen molar-refractivity contribution in [3.8, 4) is 0 Å². The van der Waals surface area contributed by atoms with Crippen molar-refractivity contribution in [2.24, 2.45) is 0 Å². The van der Waals surface area contributed by atoms with Crippen molar-refractivity contribution >= 4 is 102 Å². The van der Waals surface area contributed by atoms with Crippen LogP contribution in [0.3, 0.4) is 0 Å². The van der Waals surface area contributed by atoms with Crippen molar-refractivity contribution in [1.29, 1.82) is 0 Å². The molecule has 1 N–H and O–H groups in total. The standard InChI is InChI=1S/C10H14O3.C9H14O.C8H12O2.C8H12O.3C8H12S.C7H9BrS.C7H9ClS.C7H10S/c1-7(2)10-5-4-9(13-10)6-12-8(3)11;1-6(2)9-5-7(3)8(4)10-9;1-6(2)8-4-3-7(5-9)10-8;1-6(2)8-7(3)4-5-9-8;1-6(2)8-4-7(3)5-9-8;1-6(2)8-7(3)4-5-9-8;1-6(2)8-5-4-7(3)9-8;1-5(2)7-3-6(8)4-9-7;1-5(2)6-3-4-7(8)9-6;1-6(2)7-4-3-5-8-7/h4-5,7H,6H2,1-3H3;5-6H,1-4H3;3-4,6,9H,5H2,1-2H3;4*4-6H,1-3H3;2*3-5H,1-2H3;3-6H,1-2H3. The number of aliphatic hydroxyl groups is 1. The van der Waals surface area contributed by atoms with Crippen LogP contribution in [-0.2, 0) is 22.7 Å². The van der Waals surface area contributed by atoms with Crippen LogP contribution in [0.5, 0.6) is 0 Å². The lowest BCUT2D eigenvalue weighted by atomic mass is 10.1. The van der Waals surface area contributed by atoms with E-state index in [4.69, 9.17) is 39.1 Å². The lowest BCUT2D eigenvalue weighted by Gasteiger charge is -2.00. The number of halogens is 2. The third-order valence-corrected chi connectivity index (χ3v) is 22.4. The molecular weight excluding hydrogens is 1380 g/mol. The van der Waals surface area contributed by atoms with E-state index >= 15 is 0 Å². The largest absolute Gasteiger partial charge is 0.469 e. The topological polar surface area (TPSA) is 99.1 Å². The molecule has 0 bridgehead atoms. The molecule has 0 saturated carbocycles. The number of hydrogen-bond acceptors (Lipinski definition) is 13. The van der Waals surface area contributed by atoms with Crippen LogP contribution in [0.4, 0.5) is 0 Å². The summed E-state index contributed by atoms with van der Waals surface area (Å²) < 4.78 is 28.2. The Labute approximate surface area is 612 Å². The first kappa shape index (κ1) is 88.5. The summed E-state index contributed by atoms with van der Waals surface area (Å²) >= 11 is 20.0. The number of rotatable bonds is 13. The predicted octanol–water partition coefficient (Wildman–Crippen LogP) is 29.7. The molecule has 528 valence electrons. The van der Waals surface area contributed by atoms with Gasteiger partial charge in [-0.3, -0.25) is 4.79 Å². The molecule has 0 atom stereocenters. The van der Waals surface area contributed by atoms with E-state index in [0.29, 0.717) is 70.7 Å². The first-order chi connectivity index (χ1) is 44.5. The lowest BCUT2D eigenvalue weighted by molar-refractivity contribution is -0.142. The van der Waals surface area contributed by atoms with Gasteiger partial charge in [-0.15, -0.1) is 68.0 Å². The normalized spacial score (nSPS) is 10.7. The number of ether oxygens (including phenoxy) is 1. The number of aliphatic hydroxyl groups excluding tert-OH is 1. The molecule has 10 aromatic rings. The summed E-state index contributed by atoms with van der Waals surface area (Å²) in [6, 6.07) is 30.9. The Hall–Kier alpha value is -4.48. The first-order valence-corrected chi connectivity index (χ1v) is 39.5. The number of esters is 1. The monoisotopic (exact) mass is 1490 g/mol. The van der Waals surface area contributed by atoms with Crippen LogP contribution in [0.25, 0.3) is 0 Å². The Morgan fingerprint density at radius 2 is 1.01 bits per heavy atom. The van der Waals surface area contributed by atoms with E-state index in [-0.39, 0.29) is 19.2 Å². The van der Waals surface area contributed by atoms with Crippen LogP contribution >= 0.6 is 95.6 Å². The molecule has 95 heavy (non-hydrogen) atoms. The fourth-order valence-electron chi connectivity index (χ4n) is 7.99. The van der Waals surface area contributed by atoms with Gasteiger partial charge >= 0.3 is 5.97 Å². The number of hydrogen-bond donors (Lipinski definition) is 1. The lowest BCUT2D eigenvalue weighted by Crippen LogP contribution is -1.97. The summed E-state index contributed by atoms with van der Waals surface area (Å²) in [5.41, 5.74) is 5.34. The van der Waals surface area contributed by atoms with Gasteiger partial charge in [0.15, 0.2) is 0 Å². The molecule has 0 spiro atoms. The molecule has 0 aliphatic rings. The number of thiophene rings is 6. The smallest absolute Gasteiger partial charge is 0.303 e. The summed E-state index contributed by atoms with van der Waals surface area (Å²) in [6.45, 7) is 57.5. The Bertz CT molecular complexity index is 3280. The maximum Gasteiger partial charge on any atom is 0.303 e. The highest BCUT2D eigenvalue weighted by molar-refractivity contribution is 9.10. The summed E-state index contributed by atoms with van der Waals surface area (Å²) in [5.74, 6) is 12.0. The van der Waals surface area contributed by atoms with Crippen molar-refractivity contribution in [2.75, 3.05) is 0 Å². The second kappa shape index (κ2) is 47.5. The number of carbonyl (C=O) groups excluding carboxylic acids is 1. The van der Waals surface area contributed by atoms with Gasteiger partial charge in [-0.2, -0.15) is 0 Å². The molecule has 0 aliphatic carbocycles. The van der Waals surface area contributed by atoms with Gasteiger partial charge in [0.2, 0.25) is 0 Å². The minimum atomic E-state index is -0.289. The van der Waals surface area contributed by atoms with Crippen LogP contribution in [-0.4, -0.2) is 11.1 Å². The molecular formula is C80H116BrClO7S6. The zero-order chi connectivity index (χ0) is 72.2. The van der Waals surface area contributed by atoms with Gasteiger partial charge in [-0.1, -0.05) is 156 Å². The highest BCUT2D eigenvalue weighted by Crippen LogP contribution is 2.30. The van der Waals surface area contributed by atoms with Gasteiger partial charge in [0, 0.05) is 74.6 Å². The Kier molecular flexibility index (Phi) is 44.3. The van der Waals surface area contributed by atoms with Gasteiger partial charge in [0.05, 0.1) is 10.6 Å². The Balaban J connectivity index is 0.000000529. The van der Waals surface area contributed by atoms with Crippen molar-refractivity contribution in [1.82, 2.24) is 0 Å². The van der Waals surface area contributed by atoms with Gasteiger partial charge < -0.3 is 27.5 Å². The maximum absolute atomic E-state index is 10.5. The molecule has 7 nitrogen and oxygen atoms in total. The molecule has 10 aromatic heterocycles. The van der Waals surface area contributed by atoms with Crippen molar-refractivity contribution < 1.29 is 32.3 Å². The fourth-order valence-corrected chi connectivity index (χ4v) is 14.0. The Morgan fingerprint density at radius 1 is 0.484 bits per heavy atom. The predicted molar refractivity (Wildman–Crippen MR) is 424 cm³/mol. The zero-order valence-electron chi connectivity index (χ0n) is 62.3. The van der Waals surface area contributed by atoms with E-state index in [2.05, 4.69) is 265 Å². The van der Waals surface area contributed by atoms with Gasteiger partial charge in [0.25, 0.3) is 0 Å². The van der Waals surface area contributed by atoms with Crippen LogP contribution in [0.15, 0.2) is 141 Å². The maximum atomic E-state index is 10.5. The average Bonchev–Trinajstić information content (AvgIpc) is 2.17. The second-order valence-electron chi connectivity index (χ2n) is 26.2. The van der Waals surface area contributed by atoms with Crippen molar-refractivity contribution in [3.05, 3.63) is 224 Å². The van der Waals surface area contributed by atoms with Crippen molar-refractivity contribution in [2.45, 2.75) is 259 Å². The highest BCUT2D eigenvalue weighted by atomic mass is 79.9. The van der Waals surface area contributed by atoms with Crippen LogP contribution in [0.2, 0.25) is 4.34 Å². The van der Waals surface area contributed by atoms with Crippen LogP contribution in [0.1, 0.15) is 301 Å². The van der Waals surface area contributed by atoms with E-state index in [9.17, 15) is 4.79 Å². The summed E-state index contributed by atoms with van der Waals surface area (Å²) in [4.78, 5) is 20.7. The van der Waals surface area contributed by atoms with E-state index in [1.54, 1.807) is 23.7 Å². The minimum Gasteiger partial charge on any atom is -0.469 e. The van der Waals surface area contributed by atoms with E-state index in [1.807, 2.05) is 93.9 Å². The highest BCUT2D eigenvalue weighted by Gasteiger charge is 2.10. The summed E-state index contributed by atoms with van der Waals surface area (Å²) in [6.07, 6.45) is 1.74. The van der Waals surface area contributed by atoms with Gasteiger partial charge in [-0.05, 0) is 216 Å². The van der Waals surface area contributed by atoms with E-state index in [1.165, 1.54) is 67.8 Å². The number of aryl methyl sites for hydroxylation is 6. The SMILES string of the molecule is CC(=O)OCc1ccc(C(C)C)o1.CC(C)c1cc(Br)cs1.CC(C)c1ccc(CO)o1.CC(C)c1ccc(Cl)s1.CC(C)c1cccs1.Cc1cc(C(C)C)oc1C.Cc1ccc(C(C)C)s1.Cc1ccoc1C(C)C.Cc1ccsc1C(C)C.Cc1csc(C(C)C)c1. The second-order valence-corrected chi connectivity index (χ2v) is 34.0. The molecule has 0 saturated heterocycles. The molecule has 10 heterocycles. The molecule has 0 aliphatic heterocycles. The first-order valence-electron chi connectivity index (χ1n) is 33.2. The van der Waals surface area contributed by atoms with Crippen LogP contribution < -0.4 is 0 Å². The molecule has 0 amide bonds. The van der Waals surface area contributed by atoms with Gasteiger partial charge in [-0.25, -0.2) is 0 Å². The van der Waals surface area contributed by atoms with Crippen LogP contribution in [0, 0.1) is 41.5 Å². The van der Waals surface area contributed by atoms with Gasteiger partial charge in [0.1, 0.15) is 53.5 Å². The fraction of sp³-hybridized carbons (Fsp3) is 0.487. The average molecular weight is 1500 g/mol. The zero-order valence-corrected chi connectivity index (χ0v) is 69.6. The number of carbonyl (C=O) groups is 1. The molecule has 0 unspecified atom stereocenters.